The van der Waals surface area contributed by atoms with Crippen molar-refractivity contribution < 1.29 is 14.3 Å². The lowest BCUT2D eigenvalue weighted by molar-refractivity contribution is -0.242. The van der Waals surface area contributed by atoms with Gasteiger partial charge in [0, 0.05) is 6.54 Å². The predicted molar refractivity (Wildman–Crippen MR) is 73.9 cm³/mol. The van der Waals surface area contributed by atoms with Crippen LogP contribution in [0.4, 0.5) is 0 Å². The molecule has 4 heteroatoms. The van der Waals surface area contributed by atoms with Crippen LogP contribution in [-0.4, -0.2) is 47.3 Å². The van der Waals surface area contributed by atoms with Gasteiger partial charge in [-0.05, 0) is 33.1 Å². The number of carbonyl (C=O) groups is 1. The van der Waals surface area contributed by atoms with E-state index in [0.29, 0.717) is 13.2 Å². The lowest BCUT2D eigenvalue weighted by atomic mass is 9.83. The fraction of sp³-hybridized carbons (Fsp3) is 0.933. The lowest BCUT2D eigenvalue weighted by Crippen LogP contribution is -2.71. The third kappa shape index (κ3) is 2.52. The van der Waals surface area contributed by atoms with E-state index in [1.54, 1.807) is 0 Å². The van der Waals surface area contributed by atoms with E-state index in [2.05, 4.69) is 20.8 Å². The van der Waals surface area contributed by atoms with Gasteiger partial charge in [0.2, 0.25) is 0 Å². The molecule has 2 aliphatic rings. The van der Waals surface area contributed by atoms with Gasteiger partial charge in [0.25, 0.3) is 5.91 Å². The zero-order chi connectivity index (χ0) is 14.6. The highest BCUT2D eigenvalue weighted by atomic mass is 16.5. The summed E-state index contributed by atoms with van der Waals surface area (Å²) in [6.45, 7) is 15.5. The van der Waals surface area contributed by atoms with Gasteiger partial charge in [-0.1, -0.05) is 20.8 Å². The summed E-state index contributed by atoms with van der Waals surface area (Å²) in [5.74, 6) is 0.0781. The molecule has 1 amide bonds. The number of rotatable bonds is 0. The third-order valence-electron chi connectivity index (χ3n) is 4.26. The Morgan fingerprint density at radius 3 is 2.32 bits per heavy atom. The Bertz CT molecular complexity index is 381. The van der Waals surface area contributed by atoms with Crippen molar-refractivity contribution in [2.24, 2.45) is 5.41 Å². The predicted octanol–water partition coefficient (Wildman–Crippen LogP) is 2.22. The van der Waals surface area contributed by atoms with Crippen molar-refractivity contribution in [1.82, 2.24) is 4.90 Å². The molecule has 0 aromatic heterocycles. The maximum absolute atomic E-state index is 12.6. The van der Waals surface area contributed by atoms with Gasteiger partial charge in [0.05, 0.1) is 24.4 Å². The summed E-state index contributed by atoms with van der Waals surface area (Å²) in [5, 5.41) is 0. The van der Waals surface area contributed by atoms with E-state index in [1.807, 2.05) is 32.6 Å². The smallest absolute Gasteiger partial charge is 0.254 e. The summed E-state index contributed by atoms with van der Waals surface area (Å²) in [5.41, 5.74) is -1.09. The molecule has 2 saturated heterocycles. The fourth-order valence-corrected chi connectivity index (χ4v) is 3.10. The summed E-state index contributed by atoms with van der Waals surface area (Å²) >= 11 is 0. The molecule has 19 heavy (non-hydrogen) atoms. The van der Waals surface area contributed by atoms with Gasteiger partial charge in [0.15, 0.2) is 0 Å². The average Bonchev–Trinajstić information content (AvgIpc) is 2.23. The van der Waals surface area contributed by atoms with E-state index in [0.717, 1.165) is 0 Å². The van der Waals surface area contributed by atoms with Crippen LogP contribution in [0, 0.1) is 5.41 Å². The van der Waals surface area contributed by atoms with E-state index < -0.39 is 5.60 Å². The topological polar surface area (TPSA) is 38.8 Å². The number of ether oxygens (including phenoxy) is 2. The summed E-state index contributed by atoms with van der Waals surface area (Å²) in [7, 11) is 0. The Morgan fingerprint density at radius 1 is 1.21 bits per heavy atom. The van der Waals surface area contributed by atoms with Crippen molar-refractivity contribution in [3.63, 3.8) is 0 Å². The maximum atomic E-state index is 12.6. The van der Waals surface area contributed by atoms with Crippen molar-refractivity contribution in [3.05, 3.63) is 0 Å². The van der Waals surface area contributed by atoms with Gasteiger partial charge in [-0.25, -0.2) is 0 Å². The van der Waals surface area contributed by atoms with E-state index in [4.69, 9.17) is 9.47 Å². The molecule has 0 aromatic carbocycles. The van der Waals surface area contributed by atoms with E-state index in [9.17, 15) is 4.79 Å². The van der Waals surface area contributed by atoms with Gasteiger partial charge >= 0.3 is 0 Å². The molecule has 2 unspecified atom stereocenters. The molecular formula is C15H27NO3. The second-order valence-electron chi connectivity index (χ2n) is 7.88. The summed E-state index contributed by atoms with van der Waals surface area (Å²) < 4.78 is 12.0. The van der Waals surface area contributed by atoms with Crippen LogP contribution in [0.1, 0.15) is 48.5 Å². The van der Waals surface area contributed by atoms with Crippen LogP contribution >= 0.6 is 0 Å². The van der Waals surface area contributed by atoms with Gasteiger partial charge < -0.3 is 14.4 Å². The molecule has 0 saturated carbocycles. The highest BCUT2D eigenvalue weighted by Crippen LogP contribution is 2.38. The first-order valence-corrected chi connectivity index (χ1v) is 7.08. The SMILES string of the molecule is CC1(C)OC(C)(C)C2COC(C(C)(C)C)CN2C1=O. The minimum absolute atomic E-state index is 0.00613. The first-order chi connectivity index (χ1) is 8.45. The van der Waals surface area contributed by atoms with Crippen LogP contribution in [0.15, 0.2) is 0 Å². The summed E-state index contributed by atoms with van der Waals surface area (Å²) in [4.78, 5) is 14.6. The van der Waals surface area contributed by atoms with Crippen LogP contribution in [-0.2, 0) is 14.3 Å². The number of amides is 1. The standard InChI is InChI=1S/C15H27NO3/c1-13(2,3)11-8-16-10(9-18-11)14(4,5)19-15(6,7)12(16)17/h10-11H,8-9H2,1-7H3. The van der Waals surface area contributed by atoms with Gasteiger partial charge in [-0.15, -0.1) is 0 Å². The van der Waals surface area contributed by atoms with E-state index in [1.165, 1.54) is 0 Å². The Hall–Kier alpha value is -0.610. The van der Waals surface area contributed by atoms with Gasteiger partial charge in [-0.2, -0.15) is 0 Å². The molecule has 2 rings (SSSR count). The lowest BCUT2D eigenvalue weighted by Gasteiger charge is -2.56. The van der Waals surface area contributed by atoms with Crippen LogP contribution in [0.5, 0.6) is 0 Å². The number of fused-ring (bicyclic) bond motifs is 1. The highest BCUT2D eigenvalue weighted by Gasteiger charge is 2.54. The van der Waals surface area contributed by atoms with E-state index in [-0.39, 0.29) is 29.1 Å². The average molecular weight is 269 g/mol. The second kappa shape index (κ2) is 4.19. The molecule has 0 aromatic rings. The summed E-state index contributed by atoms with van der Waals surface area (Å²) in [6.07, 6.45) is 0.0809. The van der Waals surface area contributed by atoms with Crippen molar-refractivity contribution in [2.45, 2.75) is 71.8 Å². The highest BCUT2D eigenvalue weighted by molar-refractivity contribution is 5.85. The van der Waals surface area contributed by atoms with Crippen molar-refractivity contribution in [2.75, 3.05) is 13.2 Å². The molecule has 0 radical (unpaired) electrons. The first-order valence-electron chi connectivity index (χ1n) is 7.08. The maximum Gasteiger partial charge on any atom is 0.254 e. The van der Waals surface area contributed by atoms with Crippen LogP contribution in [0.2, 0.25) is 0 Å². The number of hydrogen-bond acceptors (Lipinski definition) is 3. The van der Waals surface area contributed by atoms with Crippen molar-refractivity contribution in [3.8, 4) is 0 Å². The van der Waals surface area contributed by atoms with E-state index >= 15 is 0 Å². The third-order valence-corrected chi connectivity index (χ3v) is 4.26. The molecule has 110 valence electrons. The minimum Gasteiger partial charge on any atom is -0.374 e. The Kier molecular flexibility index (Phi) is 3.26. The number of morpholine rings is 2. The van der Waals surface area contributed by atoms with Gasteiger partial charge in [0.1, 0.15) is 5.60 Å². The van der Waals surface area contributed by atoms with Crippen molar-refractivity contribution in [1.29, 1.82) is 0 Å². The molecule has 4 nitrogen and oxygen atoms in total. The molecule has 0 spiro atoms. The number of nitrogens with zero attached hydrogens (tertiary/aromatic N) is 1. The van der Waals surface area contributed by atoms with Crippen LogP contribution < -0.4 is 0 Å². The summed E-state index contributed by atoms with van der Waals surface area (Å²) in [6, 6.07) is 0.00613. The Balaban J connectivity index is 2.28. The zero-order valence-corrected chi connectivity index (χ0v) is 13.2. The fourth-order valence-electron chi connectivity index (χ4n) is 3.10. The molecule has 0 aliphatic carbocycles. The minimum atomic E-state index is -0.750. The molecule has 2 atom stereocenters. The number of hydrogen-bond donors (Lipinski definition) is 0. The van der Waals surface area contributed by atoms with Crippen LogP contribution in [0.3, 0.4) is 0 Å². The largest absolute Gasteiger partial charge is 0.374 e. The Morgan fingerprint density at radius 2 is 1.79 bits per heavy atom. The molecule has 2 heterocycles. The Labute approximate surface area is 116 Å². The molecule has 2 aliphatic heterocycles. The normalized spacial score (nSPS) is 34.1. The molecule has 2 fully saturated rings. The van der Waals surface area contributed by atoms with Crippen molar-refractivity contribution >= 4 is 5.91 Å². The first kappa shape index (κ1) is 14.8. The molecule has 0 N–H and O–H groups in total. The molecule has 0 bridgehead atoms. The van der Waals surface area contributed by atoms with Gasteiger partial charge in [-0.3, -0.25) is 4.79 Å². The van der Waals surface area contributed by atoms with Crippen LogP contribution in [0.25, 0.3) is 0 Å². The zero-order valence-electron chi connectivity index (χ0n) is 13.2. The molecular weight excluding hydrogens is 242 g/mol. The number of carbonyl (C=O) groups excluding carboxylic acids is 1. The second-order valence-corrected chi connectivity index (χ2v) is 7.88. The monoisotopic (exact) mass is 269 g/mol. The quantitative estimate of drug-likeness (QED) is 0.677.